The lowest BCUT2D eigenvalue weighted by molar-refractivity contribution is 0.0599. The van der Waals surface area contributed by atoms with Crippen molar-refractivity contribution in [3.8, 4) is 0 Å². The zero-order valence-corrected chi connectivity index (χ0v) is 12.9. The molecule has 0 spiro atoms. The van der Waals surface area contributed by atoms with Crippen LogP contribution in [-0.2, 0) is 17.6 Å². The van der Waals surface area contributed by atoms with E-state index in [1.807, 2.05) is 48.5 Å². The molecule has 0 saturated carbocycles. The SMILES string of the molecule is COC(=O)c1ccccc1CCCC(O)Cc1ccccc1. The van der Waals surface area contributed by atoms with Gasteiger partial charge in [0.1, 0.15) is 0 Å². The molecule has 2 aromatic carbocycles. The summed E-state index contributed by atoms with van der Waals surface area (Å²) >= 11 is 0. The van der Waals surface area contributed by atoms with Gasteiger partial charge < -0.3 is 9.84 Å². The summed E-state index contributed by atoms with van der Waals surface area (Å²) in [6.45, 7) is 0. The number of ether oxygens (including phenoxy) is 1. The fourth-order valence-corrected chi connectivity index (χ4v) is 2.56. The summed E-state index contributed by atoms with van der Waals surface area (Å²) in [5.41, 5.74) is 2.73. The Balaban J connectivity index is 1.85. The lowest BCUT2D eigenvalue weighted by atomic mass is 9.98. The van der Waals surface area contributed by atoms with Crippen molar-refractivity contribution >= 4 is 5.97 Å². The van der Waals surface area contributed by atoms with Crippen molar-refractivity contribution in [2.75, 3.05) is 7.11 Å². The third-order valence-electron chi connectivity index (χ3n) is 3.72. The standard InChI is InChI=1S/C19H22O3/c1-22-19(21)18-13-6-5-10-16(18)11-7-12-17(20)14-15-8-3-2-4-9-15/h2-6,8-10,13,17,20H,7,11-12,14H2,1H3. The molecule has 116 valence electrons. The number of aryl methyl sites for hydroxylation is 1. The first-order valence-electron chi connectivity index (χ1n) is 7.59. The summed E-state index contributed by atoms with van der Waals surface area (Å²) in [6, 6.07) is 17.5. The molecule has 22 heavy (non-hydrogen) atoms. The Hall–Kier alpha value is -2.13. The van der Waals surface area contributed by atoms with Gasteiger partial charge in [-0.1, -0.05) is 48.5 Å². The van der Waals surface area contributed by atoms with Crippen molar-refractivity contribution in [3.05, 3.63) is 71.3 Å². The molecule has 0 bridgehead atoms. The second-order valence-electron chi connectivity index (χ2n) is 5.38. The van der Waals surface area contributed by atoms with E-state index in [0.717, 1.165) is 24.0 Å². The van der Waals surface area contributed by atoms with E-state index < -0.39 is 0 Å². The minimum atomic E-state index is -0.354. The van der Waals surface area contributed by atoms with Crippen molar-refractivity contribution < 1.29 is 14.6 Å². The zero-order valence-electron chi connectivity index (χ0n) is 12.9. The highest BCUT2D eigenvalue weighted by molar-refractivity contribution is 5.90. The summed E-state index contributed by atoms with van der Waals surface area (Å²) < 4.78 is 4.80. The summed E-state index contributed by atoms with van der Waals surface area (Å²) in [6.07, 6.45) is 2.62. The van der Waals surface area contributed by atoms with Crippen LogP contribution in [0.1, 0.15) is 34.3 Å². The van der Waals surface area contributed by atoms with Crippen molar-refractivity contribution in [2.24, 2.45) is 0 Å². The molecule has 0 aliphatic rings. The van der Waals surface area contributed by atoms with E-state index in [9.17, 15) is 9.90 Å². The van der Waals surface area contributed by atoms with Gasteiger partial charge in [0.05, 0.1) is 18.8 Å². The first-order chi connectivity index (χ1) is 10.7. The Morgan fingerprint density at radius 3 is 2.50 bits per heavy atom. The van der Waals surface area contributed by atoms with E-state index in [0.29, 0.717) is 18.4 Å². The number of hydrogen-bond acceptors (Lipinski definition) is 3. The van der Waals surface area contributed by atoms with Crippen LogP contribution in [0.2, 0.25) is 0 Å². The second kappa shape index (κ2) is 8.35. The molecule has 1 N–H and O–H groups in total. The maximum absolute atomic E-state index is 11.7. The lowest BCUT2D eigenvalue weighted by Gasteiger charge is -2.12. The van der Waals surface area contributed by atoms with Crippen LogP contribution < -0.4 is 0 Å². The van der Waals surface area contributed by atoms with Gasteiger partial charge in [0.15, 0.2) is 0 Å². The summed E-state index contributed by atoms with van der Waals surface area (Å²) in [5.74, 6) is -0.305. The van der Waals surface area contributed by atoms with Crippen LogP contribution in [0.4, 0.5) is 0 Å². The van der Waals surface area contributed by atoms with Gasteiger partial charge in [-0.15, -0.1) is 0 Å². The van der Waals surface area contributed by atoms with Gasteiger partial charge in [0.25, 0.3) is 0 Å². The van der Waals surface area contributed by atoms with Crippen LogP contribution >= 0.6 is 0 Å². The zero-order chi connectivity index (χ0) is 15.8. The molecule has 1 unspecified atom stereocenters. The highest BCUT2D eigenvalue weighted by Crippen LogP contribution is 2.15. The van der Waals surface area contributed by atoms with Gasteiger partial charge in [-0.05, 0) is 42.9 Å². The first kappa shape index (κ1) is 16.2. The van der Waals surface area contributed by atoms with Crippen LogP contribution in [0, 0.1) is 0 Å². The van der Waals surface area contributed by atoms with Crippen molar-refractivity contribution in [3.63, 3.8) is 0 Å². The van der Waals surface area contributed by atoms with E-state index in [1.54, 1.807) is 6.07 Å². The van der Waals surface area contributed by atoms with E-state index in [1.165, 1.54) is 7.11 Å². The number of esters is 1. The van der Waals surface area contributed by atoms with E-state index in [2.05, 4.69) is 0 Å². The largest absolute Gasteiger partial charge is 0.465 e. The van der Waals surface area contributed by atoms with E-state index in [4.69, 9.17) is 4.74 Å². The van der Waals surface area contributed by atoms with Crippen LogP contribution in [0.5, 0.6) is 0 Å². The Labute approximate surface area is 131 Å². The molecular formula is C19H22O3. The predicted octanol–water partition coefficient (Wildman–Crippen LogP) is 3.40. The number of hydrogen-bond donors (Lipinski definition) is 1. The predicted molar refractivity (Wildman–Crippen MR) is 86.9 cm³/mol. The Kier molecular flexibility index (Phi) is 6.16. The molecule has 0 radical (unpaired) electrons. The molecule has 0 heterocycles. The molecule has 3 nitrogen and oxygen atoms in total. The highest BCUT2D eigenvalue weighted by Gasteiger charge is 2.11. The number of benzene rings is 2. The first-order valence-corrected chi connectivity index (χ1v) is 7.59. The number of methoxy groups -OCH3 is 1. The molecule has 0 aromatic heterocycles. The molecular weight excluding hydrogens is 276 g/mol. The van der Waals surface area contributed by atoms with Gasteiger partial charge in [0, 0.05) is 0 Å². The second-order valence-corrected chi connectivity index (χ2v) is 5.38. The summed E-state index contributed by atoms with van der Waals surface area (Å²) in [7, 11) is 1.39. The quantitative estimate of drug-likeness (QED) is 0.797. The molecule has 0 aliphatic heterocycles. The summed E-state index contributed by atoms with van der Waals surface area (Å²) in [4.78, 5) is 11.7. The van der Waals surface area contributed by atoms with Crippen molar-refractivity contribution in [1.29, 1.82) is 0 Å². The highest BCUT2D eigenvalue weighted by atomic mass is 16.5. The van der Waals surface area contributed by atoms with Gasteiger partial charge in [-0.25, -0.2) is 4.79 Å². The molecule has 2 aromatic rings. The van der Waals surface area contributed by atoms with Gasteiger partial charge in [-0.3, -0.25) is 0 Å². The average molecular weight is 298 g/mol. The van der Waals surface area contributed by atoms with Gasteiger partial charge >= 0.3 is 5.97 Å². The third kappa shape index (κ3) is 4.71. The number of carbonyl (C=O) groups excluding carboxylic acids is 1. The molecule has 2 rings (SSSR count). The lowest BCUT2D eigenvalue weighted by Crippen LogP contribution is -2.11. The fraction of sp³-hybridized carbons (Fsp3) is 0.316. The number of carbonyl (C=O) groups is 1. The minimum absolute atomic E-state index is 0.305. The molecule has 0 amide bonds. The van der Waals surface area contributed by atoms with E-state index in [-0.39, 0.29) is 12.1 Å². The number of rotatable bonds is 7. The Bertz CT molecular complexity index is 593. The maximum Gasteiger partial charge on any atom is 0.338 e. The van der Waals surface area contributed by atoms with Crippen LogP contribution in [0.3, 0.4) is 0 Å². The van der Waals surface area contributed by atoms with Gasteiger partial charge in [-0.2, -0.15) is 0 Å². The molecule has 0 saturated heterocycles. The normalized spacial score (nSPS) is 11.9. The van der Waals surface area contributed by atoms with Crippen molar-refractivity contribution in [1.82, 2.24) is 0 Å². The van der Waals surface area contributed by atoms with Crippen LogP contribution in [0.25, 0.3) is 0 Å². The fourth-order valence-electron chi connectivity index (χ4n) is 2.56. The third-order valence-corrected chi connectivity index (χ3v) is 3.72. The number of aliphatic hydroxyl groups is 1. The smallest absolute Gasteiger partial charge is 0.338 e. The number of aliphatic hydroxyl groups excluding tert-OH is 1. The minimum Gasteiger partial charge on any atom is -0.465 e. The van der Waals surface area contributed by atoms with Crippen LogP contribution in [0.15, 0.2) is 54.6 Å². The average Bonchev–Trinajstić information content (AvgIpc) is 2.55. The monoisotopic (exact) mass is 298 g/mol. The molecule has 1 atom stereocenters. The summed E-state index contributed by atoms with van der Waals surface area (Å²) in [5, 5.41) is 10.1. The Morgan fingerprint density at radius 1 is 1.09 bits per heavy atom. The molecule has 3 heteroatoms. The maximum atomic E-state index is 11.7. The Morgan fingerprint density at radius 2 is 1.77 bits per heavy atom. The topological polar surface area (TPSA) is 46.5 Å². The van der Waals surface area contributed by atoms with Gasteiger partial charge in [0.2, 0.25) is 0 Å². The van der Waals surface area contributed by atoms with Crippen molar-refractivity contribution in [2.45, 2.75) is 31.8 Å². The van der Waals surface area contributed by atoms with Crippen LogP contribution in [-0.4, -0.2) is 24.3 Å². The molecule has 0 fully saturated rings. The molecule has 0 aliphatic carbocycles. The van der Waals surface area contributed by atoms with E-state index >= 15 is 0 Å².